The van der Waals surface area contributed by atoms with Gasteiger partial charge in [-0.05, 0) is 31.2 Å². The van der Waals surface area contributed by atoms with Crippen molar-refractivity contribution in [3.8, 4) is 17.4 Å². The van der Waals surface area contributed by atoms with Gasteiger partial charge in [0.2, 0.25) is 5.78 Å². The van der Waals surface area contributed by atoms with Crippen LogP contribution in [0.25, 0.3) is 17.4 Å². The van der Waals surface area contributed by atoms with Crippen molar-refractivity contribution in [2.75, 3.05) is 0 Å². The topological polar surface area (TPSA) is 67.1 Å². The van der Waals surface area contributed by atoms with Gasteiger partial charge in [-0.15, -0.1) is 0 Å². The predicted molar refractivity (Wildman–Crippen MR) is 93.2 cm³/mol. The first-order valence-electron chi connectivity index (χ1n) is 7.15. The van der Waals surface area contributed by atoms with Crippen molar-refractivity contribution in [3.05, 3.63) is 75.9 Å². The van der Waals surface area contributed by atoms with E-state index in [-0.39, 0.29) is 11.4 Å². The first-order chi connectivity index (χ1) is 11.6. The lowest BCUT2D eigenvalue weighted by atomic mass is 10.0. The maximum atomic E-state index is 12.4. The lowest BCUT2D eigenvalue weighted by molar-refractivity contribution is 0.103. The molecule has 0 bridgehead atoms. The Bertz CT molecular complexity index is 972. The van der Waals surface area contributed by atoms with E-state index in [0.717, 1.165) is 10.0 Å². The van der Waals surface area contributed by atoms with Crippen LogP contribution in [-0.2, 0) is 0 Å². The van der Waals surface area contributed by atoms with Crippen LogP contribution < -0.4 is 0 Å². The van der Waals surface area contributed by atoms with E-state index >= 15 is 0 Å². The minimum absolute atomic E-state index is 0.00692. The van der Waals surface area contributed by atoms with Crippen LogP contribution in [0.2, 0.25) is 0 Å². The summed E-state index contributed by atoms with van der Waals surface area (Å²) in [5.41, 5.74) is 1.26. The second-order valence-corrected chi connectivity index (χ2v) is 5.93. The van der Waals surface area contributed by atoms with Crippen LogP contribution >= 0.6 is 15.9 Å². The van der Waals surface area contributed by atoms with Gasteiger partial charge in [-0.3, -0.25) is 4.79 Å². The highest BCUT2D eigenvalue weighted by Gasteiger charge is 2.17. The molecular weight excluding hydrogens is 370 g/mol. The number of aryl methyl sites for hydroxylation is 1. The normalized spacial score (nSPS) is 11.3. The smallest absolute Gasteiger partial charge is 0.207 e. The van der Waals surface area contributed by atoms with Crippen LogP contribution in [0, 0.1) is 18.3 Å². The number of allylic oxidation sites excluding steroid dienone is 1. The van der Waals surface area contributed by atoms with E-state index in [9.17, 15) is 10.1 Å². The van der Waals surface area contributed by atoms with Crippen molar-refractivity contribution in [2.45, 2.75) is 6.92 Å². The highest BCUT2D eigenvalue weighted by atomic mass is 79.9. The Morgan fingerprint density at radius 1 is 1.21 bits per heavy atom. The van der Waals surface area contributed by atoms with Crippen molar-refractivity contribution >= 4 is 27.8 Å². The Kier molecular flexibility index (Phi) is 4.50. The zero-order chi connectivity index (χ0) is 17.1. The maximum Gasteiger partial charge on any atom is 0.207 e. The number of nitriles is 1. The van der Waals surface area contributed by atoms with Gasteiger partial charge in [0.25, 0.3) is 0 Å². The summed E-state index contributed by atoms with van der Waals surface area (Å²) in [6.45, 7) is 1.68. The molecule has 0 atom stereocenters. The van der Waals surface area contributed by atoms with Crippen LogP contribution in [0.1, 0.15) is 21.9 Å². The van der Waals surface area contributed by atoms with Crippen molar-refractivity contribution in [3.63, 3.8) is 0 Å². The van der Waals surface area contributed by atoms with E-state index in [0.29, 0.717) is 22.8 Å². The van der Waals surface area contributed by atoms with Crippen LogP contribution in [-0.4, -0.2) is 5.78 Å². The van der Waals surface area contributed by atoms with Gasteiger partial charge < -0.3 is 8.83 Å². The molecule has 3 aromatic rings. The second-order valence-electron chi connectivity index (χ2n) is 5.07. The minimum Gasteiger partial charge on any atom is -0.469 e. The summed E-state index contributed by atoms with van der Waals surface area (Å²) in [6, 6.07) is 14.7. The van der Waals surface area contributed by atoms with Gasteiger partial charge >= 0.3 is 0 Å². The zero-order valence-corrected chi connectivity index (χ0v) is 14.3. The molecule has 24 heavy (non-hydrogen) atoms. The fourth-order valence-electron chi connectivity index (χ4n) is 2.29. The number of carbonyl (C=O) groups excluding carboxylic acids is 1. The number of hydrogen-bond donors (Lipinski definition) is 0. The first-order valence-corrected chi connectivity index (χ1v) is 7.95. The van der Waals surface area contributed by atoms with Gasteiger partial charge in [0, 0.05) is 16.1 Å². The van der Waals surface area contributed by atoms with E-state index in [4.69, 9.17) is 8.83 Å². The fraction of sp³-hybridized carbons (Fsp3) is 0.0526. The SMILES string of the molecule is Cc1occc1C(=O)/C(C#N)=C/c1ccc(-c2ccccc2Br)o1. The van der Waals surface area contributed by atoms with Gasteiger partial charge in [-0.2, -0.15) is 5.26 Å². The molecule has 118 valence electrons. The monoisotopic (exact) mass is 381 g/mol. The Labute approximate surface area is 147 Å². The highest BCUT2D eigenvalue weighted by molar-refractivity contribution is 9.10. The number of nitrogens with zero attached hydrogens (tertiary/aromatic N) is 1. The van der Waals surface area contributed by atoms with Crippen LogP contribution in [0.4, 0.5) is 0 Å². The minimum atomic E-state index is -0.386. The van der Waals surface area contributed by atoms with Crippen LogP contribution in [0.15, 0.2) is 67.6 Å². The number of benzene rings is 1. The summed E-state index contributed by atoms with van der Waals surface area (Å²) in [5, 5.41) is 9.30. The van der Waals surface area contributed by atoms with Crippen LogP contribution in [0.3, 0.4) is 0 Å². The number of halogens is 1. The van der Waals surface area contributed by atoms with Gasteiger partial charge in [0.1, 0.15) is 28.9 Å². The number of ketones is 1. The van der Waals surface area contributed by atoms with Gasteiger partial charge in [0.05, 0.1) is 11.8 Å². The molecule has 0 amide bonds. The highest BCUT2D eigenvalue weighted by Crippen LogP contribution is 2.30. The molecule has 1 aromatic carbocycles. The predicted octanol–water partition coefficient (Wildman–Crippen LogP) is 5.40. The average molecular weight is 382 g/mol. The molecule has 3 rings (SSSR count). The molecule has 5 heteroatoms. The third kappa shape index (κ3) is 3.10. The Morgan fingerprint density at radius 2 is 2.00 bits per heavy atom. The molecule has 0 fully saturated rings. The van der Waals surface area contributed by atoms with E-state index in [1.807, 2.05) is 30.3 Å². The third-order valence-electron chi connectivity index (χ3n) is 3.52. The Morgan fingerprint density at radius 3 is 2.67 bits per heavy atom. The van der Waals surface area contributed by atoms with Gasteiger partial charge in [-0.25, -0.2) is 0 Å². The summed E-state index contributed by atoms with van der Waals surface area (Å²) in [4.78, 5) is 12.4. The van der Waals surface area contributed by atoms with Crippen molar-refractivity contribution in [2.24, 2.45) is 0 Å². The first kappa shape index (κ1) is 16.0. The summed E-state index contributed by atoms with van der Waals surface area (Å²) in [5.74, 6) is 1.18. The fourth-order valence-corrected chi connectivity index (χ4v) is 2.77. The summed E-state index contributed by atoms with van der Waals surface area (Å²) >= 11 is 3.47. The van der Waals surface area contributed by atoms with E-state index in [2.05, 4.69) is 15.9 Å². The van der Waals surface area contributed by atoms with E-state index in [1.165, 1.54) is 12.3 Å². The summed E-state index contributed by atoms with van der Waals surface area (Å²) in [7, 11) is 0. The molecule has 0 aliphatic carbocycles. The molecule has 0 spiro atoms. The molecule has 0 saturated carbocycles. The standard InChI is InChI=1S/C19H12BrNO3/c1-12-15(8-9-23-12)19(22)13(11-21)10-14-6-7-18(24-14)16-4-2-3-5-17(16)20/h2-10H,1H3/b13-10+. The molecule has 2 aromatic heterocycles. The number of furan rings is 2. The van der Waals surface area contributed by atoms with Crippen molar-refractivity contribution < 1.29 is 13.6 Å². The maximum absolute atomic E-state index is 12.4. The Balaban J connectivity index is 1.94. The number of rotatable bonds is 4. The average Bonchev–Trinajstić information content (AvgIpc) is 3.21. The molecule has 0 N–H and O–H groups in total. The molecule has 0 aliphatic rings. The Hall–Kier alpha value is -2.84. The third-order valence-corrected chi connectivity index (χ3v) is 4.21. The molecule has 0 radical (unpaired) electrons. The van der Waals surface area contributed by atoms with Crippen LogP contribution in [0.5, 0.6) is 0 Å². The van der Waals surface area contributed by atoms with E-state index in [1.54, 1.807) is 25.1 Å². The number of Topliss-reactive ketones (excluding diaryl/α,β-unsaturated/α-hetero) is 1. The second kappa shape index (κ2) is 6.73. The quantitative estimate of drug-likeness (QED) is 0.344. The zero-order valence-electron chi connectivity index (χ0n) is 12.7. The lowest BCUT2D eigenvalue weighted by Crippen LogP contribution is -2.01. The lowest BCUT2D eigenvalue weighted by Gasteiger charge is -1.99. The summed E-state index contributed by atoms with van der Waals surface area (Å²) < 4.78 is 11.8. The van der Waals surface area contributed by atoms with Gasteiger partial charge in [0.15, 0.2) is 0 Å². The van der Waals surface area contributed by atoms with E-state index < -0.39 is 0 Å². The molecule has 0 aliphatic heterocycles. The van der Waals surface area contributed by atoms with Crippen molar-refractivity contribution in [1.82, 2.24) is 0 Å². The number of hydrogen-bond acceptors (Lipinski definition) is 4. The summed E-state index contributed by atoms with van der Waals surface area (Å²) in [6.07, 6.45) is 2.87. The molecule has 2 heterocycles. The van der Waals surface area contributed by atoms with Crippen molar-refractivity contribution in [1.29, 1.82) is 5.26 Å². The largest absolute Gasteiger partial charge is 0.469 e. The molecule has 0 saturated heterocycles. The number of carbonyl (C=O) groups is 1. The molecule has 4 nitrogen and oxygen atoms in total. The van der Waals surface area contributed by atoms with Gasteiger partial charge in [-0.1, -0.05) is 34.1 Å². The molecular formula is C19H12BrNO3. The molecule has 0 unspecified atom stereocenters.